The molecule has 0 radical (unpaired) electrons. The number of hydrogen-bond donors (Lipinski definition) is 0. The summed E-state index contributed by atoms with van der Waals surface area (Å²) in [6, 6.07) is 61.5. The first-order chi connectivity index (χ1) is 28.7. The number of para-hydroxylation sites is 1. The van der Waals surface area contributed by atoms with Crippen LogP contribution in [0.3, 0.4) is 0 Å². The van der Waals surface area contributed by atoms with E-state index in [1.807, 2.05) is 60.7 Å². The normalized spacial score (nSPS) is 12.1. The quantitative estimate of drug-likeness (QED) is 0.180. The number of fused-ring (bicyclic) bond motifs is 10. The number of furan rings is 2. The molecule has 0 amide bonds. The molecule has 0 fully saturated rings. The summed E-state index contributed by atoms with van der Waals surface area (Å²) in [5, 5.41) is 9.07. The van der Waals surface area contributed by atoms with Gasteiger partial charge in [0.25, 0.3) is 0 Å². The molecule has 0 saturated carbocycles. The summed E-state index contributed by atoms with van der Waals surface area (Å²) < 4.78 is 12.9. The van der Waals surface area contributed by atoms with Crippen LogP contribution in [0.2, 0.25) is 0 Å². The fourth-order valence-corrected chi connectivity index (χ4v) is 9.29. The van der Waals surface area contributed by atoms with Gasteiger partial charge in [0, 0.05) is 38.2 Å². The zero-order valence-electron chi connectivity index (χ0n) is 30.9. The minimum Gasteiger partial charge on any atom is -0.456 e. The van der Waals surface area contributed by atoms with Crippen molar-refractivity contribution >= 4 is 65.4 Å². The lowest BCUT2D eigenvalue weighted by Gasteiger charge is -2.12. The molecule has 3 heterocycles. The van der Waals surface area contributed by atoms with Crippen LogP contribution >= 0.6 is 0 Å². The van der Waals surface area contributed by atoms with Crippen LogP contribution in [-0.4, -0.2) is 15.0 Å². The average molecular weight is 740 g/mol. The Morgan fingerprint density at radius 3 is 1.64 bits per heavy atom. The third-order valence-electron chi connectivity index (χ3n) is 11.9. The summed E-state index contributed by atoms with van der Waals surface area (Å²) >= 11 is 0. The van der Waals surface area contributed by atoms with Gasteiger partial charge in [-0.15, -0.1) is 0 Å². The van der Waals surface area contributed by atoms with Crippen molar-refractivity contribution in [3.05, 3.63) is 176 Å². The molecule has 1 aliphatic carbocycles. The number of rotatable bonds is 4. The minimum absolute atomic E-state index is 0.596. The van der Waals surface area contributed by atoms with Crippen LogP contribution in [0.5, 0.6) is 0 Å². The Kier molecular flexibility index (Phi) is 6.38. The van der Waals surface area contributed by atoms with Crippen molar-refractivity contribution in [1.29, 1.82) is 0 Å². The molecule has 5 nitrogen and oxygen atoms in total. The molecule has 1 aliphatic rings. The van der Waals surface area contributed by atoms with Gasteiger partial charge in [0.05, 0.1) is 0 Å². The van der Waals surface area contributed by atoms with Gasteiger partial charge >= 0.3 is 0 Å². The monoisotopic (exact) mass is 739 g/mol. The van der Waals surface area contributed by atoms with Crippen LogP contribution in [-0.2, 0) is 0 Å². The summed E-state index contributed by atoms with van der Waals surface area (Å²) in [7, 11) is 0. The van der Waals surface area contributed by atoms with Gasteiger partial charge in [0.15, 0.2) is 17.5 Å². The smallest absolute Gasteiger partial charge is 0.164 e. The van der Waals surface area contributed by atoms with Crippen molar-refractivity contribution < 1.29 is 8.83 Å². The fourth-order valence-electron chi connectivity index (χ4n) is 9.29. The van der Waals surface area contributed by atoms with Crippen molar-refractivity contribution in [3.8, 4) is 67.5 Å². The van der Waals surface area contributed by atoms with Gasteiger partial charge in [0.1, 0.15) is 22.3 Å². The van der Waals surface area contributed by atoms with Crippen LogP contribution in [0.1, 0.15) is 0 Å². The molecule has 0 spiro atoms. The standard InChI is InChI=1S/C53H29N3O2/c1-2-11-31(12-3-1)51-54-52(56-53(55-51)40-21-10-24-46-50(40)39-16-4-5-22-44(39)57-46)33-25-26-34-32(27-33)15-8-17-35(34)36-20-9-23-45-49(36)43-28-41-37-18-6-13-30-14-7-19-38(48(30)37)42(41)29-47(43)58-45/h1-29H. The number of nitrogens with zero attached hydrogens (tertiary/aromatic N) is 3. The van der Waals surface area contributed by atoms with E-state index in [1.54, 1.807) is 0 Å². The van der Waals surface area contributed by atoms with E-state index >= 15 is 0 Å². The van der Waals surface area contributed by atoms with E-state index in [9.17, 15) is 0 Å². The van der Waals surface area contributed by atoms with Gasteiger partial charge < -0.3 is 8.83 Å². The largest absolute Gasteiger partial charge is 0.456 e. The van der Waals surface area contributed by atoms with Crippen molar-refractivity contribution in [1.82, 2.24) is 15.0 Å². The van der Waals surface area contributed by atoms with Crippen LogP contribution < -0.4 is 0 Å². The first-order valence-corrected chi connectivity index (χ1v) is 19.5. The maximum atomic E-state index is 6.64. The second kappa shape index (κ2) is 11.8. The third-order valence-corrected chi connectivity index (χ3v) is 11.9. The highest BCUT2D eigenvalue weighted by Gasteiger charge is 2.25. The Morgan fingerprint density at radius 1 is 0.276 bits per heavy atom. The van der Waals surface area contributed by atoms with Crippen molar-refractivity contribution in [3.63, 3.8) is 0 Å². The molecular weight excluding hydrogens is 711 g/mol. The highest BCUT2D eigenvalue weighted by molar-refractivity contribution is 6.22. The fraction of sp³-hybridized carbons (Fsp3) is 0. The molecule has 58 heavy (non-hydrogen) atoms. The van der Waals surface area contributed by atoms with Crippen LogP contribution in [0.4, 0.5) is 0 Å². The Bertz CT molecular complexity index is 3690. The summed E-state index contributed by atoms with van der Waals surface area (Å²) in [6.45, 7) is 0. The van der Waals surface area contributed by atoms with Gasteiger partial charge in [-0.25, -0.2) is 15.0 Å². The molecule has 268 valence electrons. The topological polar surface area (TPSA) is 65.0 Å². The Labute approximate surface area is 331 Å². The summed E-state index contributed by atoms with van der Waals surface area (Å²) in [4.78, 5) is 15.3. The lowest BCUT2D eigenvalue weighted by atomic mass is 9.93. The third kappa shape index (κ3) is 4.50. The molecule has 12 aromatic rings. The minimum atomic E-state index is 0.596. The second-order valence-corrected chi connectivity index (χ2v) is 15.1. The van der Waals surface area contributed by atoms with E-state index in [2.05, 4.69) is 115 Å². The zero-order valence-corrected chi connectivity index (χ0v) is 30.9. The van der Waals surface area contributed by atoms with Crippen LogP contribution in [0.15, 0.2) is 185 Å². The summed E-state index contributed by atoms with van der Waals surface area (Å²) in [5.74, 6) is 1.82. The molecule has 0 unspecified atom stereocenters. The van der Waals surface area contributed by atoms with E-state index in [-0.39, 0.29) is 0 Å². The van der Waals surface area contributed by atoms with Crippen molar-refractivity contribution in [2.45, 2.75) is 0 Å². The molecule has 0 aliphatic heterocycles. The van der Waals surface area contributed by atoms with Crippen molar-refractivity contribution in [2.24, 2.45) is 0 Å². The van der Waals surface area contributed by atoms with Crippen LogP contribution in [0.25, 0.3) is 133 Å². The SMILES string of the molecule is c1ccc(-c2nc(-c3ccc4c(-c5cccc6oc7cc8c(cc7c56)-c5cccc6cccc-8c56)cccc4c3)nc(-c3cccc4oc5ccccc5c34)n2)cc1. The van der Waals surface area contributed by atoms with Gasteiger partial charge in [-0.2, -0.15) is 0 Å². The number of aromatic nitrogens is 3. The maximum absolute atomic E-state index is 6.64. The van der Waals surface area contributed by atoms with E-state index in [0.717, 1.165) is 82.5 Å². The highest BCUT2D eigenvalue weighted by Crippen LogP contribution is 2.50. The van der Waals surface area contributed by atoms with Crippen molar-refractivity contribution in [2.75, 3.05) is 0 Å². The molecule has 5 heteroatoms. The molecule has 0 saturated heterocycles. The Hall–Kier alpha value is -7.89. The molecule has 0 atom stereocenters. The lowest BCUT2D eigenvalue weighted by Crippen LogP contribution is -2.00. The molecule has 13 rings (SSSR count). The molecule has 0 bridgehead atoms. The molecule has 3 aromatic heterocycles. The number of benzene rings is 9. The van der Waals surface area contributed by atoms with E-state index in [4.69, 9.17) is 23.8 Å². The Balaban J connectivity index is 0.981. The van der Waals surface area contributed by atoms with Gasteiger partial charge in [-0.05, 0) is 91.3 Å². The lowest BCUT2D eigenvalue weighted by molar-refractivity contribution is 0.668. The summed E-state index contributed by atoms with van der Waals surface area (Å²) in [5.41, 5.74) is 13.4. The average Bonchev–Trinajstić information content (AvgIpc) is 3.95. The molecule has 9 aromatic carbocycles. The zero-order chi connectivity index (χ0) is 37.9. The predicted molar refractivity (Wildman–Crippen MR) is 236 cm³/mol. The first-order valence-electron chi connectivity index (χ1n) is 19.5. The van der Waals surface area contributed by atoms with Gasteiger partial charge in [-0.1, -0.05) is 140 Å². The van der Waals surface area contributed by atoms with Gasteiger partial charge in [0.2, 0.25) is 0 Å². The number of hydrogen-bond acceptors (Lipinski definition) is 5. The maximum Gasteiger partial charge on any atom is 0.164 e. The van der Waals surface area contributed by atoms with Gasteiger partial charge in [-0.3, -0.25) is 0 Å². The molecular formula is C53H29N3O2. The predicted octanol–water partition coefficient (Wildman–Crippen LogP) is 14.3. The highest BCUT2D eigenvalue weighted by atomic mass is 16.3. The van der Waals surface area contributed by atoms with E-state index in [0.29, 0.717) is 17.5 Å². The molecule has 0 N–H and O–H groups in total. The first kappa shape index (κ1) is 31.3. The summed E-state index contributed by atoms with van der Waals surface area (Å²) in [6.07, 6.45) is 0. The van der Waals surface area contributed by atoms with E-state index < -0.39 is 0 Å². The second-order valence-electron chi connectivity index (χ2n) is 15.1. The Morgan fingerprint density at radius 2 is 0.845 bits per heavy atom. The van der Waals surface area contributed by atoms with E-state index in [1.165, 1.54) is 33.0 Å². The van der Waals surface area contributed by atoms with Crippen LogP contribution in [0, 0.1) is 0 Å².